The number of carbonyl (C=O) groups excluding carboxylic acids is 4. The van der Waals surface area contributed by atoms with Crippen molar-refractivity contribution in [2.24, 2.45) is 5.92 Å². The van der Waals surface area contributed by atoms with Crippen LogP contribution in [0, 0.1) is 17.6 Å². The van der Waals surface area contributed by atoms with E-state index >= 15 is 8.78 Å². The Balaban J connectivity index is 0.863. The monoisotopic (exact) mass is 871 g/mol. The largest absolute Gasteiger partial charge is 0.495 e. The summed E-state index contributed by atoms with van der Waals surface area (Å²) in [4.78, 5) is 68.8. The van der Waals surface area contributed by atoms with E-state index in [4.69, 9.17) is 9.72 Å². The molecular weight excluding hydrogens is 813 g/mol. The minimum Gasteiger partial charge on any atom is -0.495 e. The van der Waals surface area contributed by atoms with E-state index in [0.29, 0.717) is 79.0 Å². The molecule has 3 saturated heterocycles. The first kappa shape index (κ1) is 44.2. The van der Waals surface area contributed by atoms with Crippen molar-refractivity contribution >= 4 is 52.5 Å². The molecule has 4 aliphatic heterocycles. The van der Waals surface area contributed by atoms with E-state index < -0.39 is 34.9 Å². The van der Waals surface area contributed by atoms with Gasteiger partial charge in [0.15, 0.2) is 5.82 Å². The number of ether oxygens (including phenoxy) is 1. The van der Waals surface area contributed by atoms with Gasteiger partial charge < -0.3 is 40.1 Å². The van der Waals surface area contributed by atoms with Crippen LogP contribution in [0.3, 0.4) is 0 Å². The highest BCUT2D eigenvalue weighted by atomic mass is 19.1. The number of anilines is 5. The lowest BCUT2D eigenvalue weighted by Crippen LogP contribution is -2.56. The fourth-order valence-electron chi connectivity index (χ4n) is 10.4. The van der Waals surface area contributed by atoms with Gasteiger partial charge in [0.2, 0.25) is 23.7 Å². The Hall–Kier alpha value is -5.42. The quantitative estimate of drug-likeness (QED) is 0.162. The van der Waals surface area contributed by atoms with Crippen LogP contribution in [0.5, 0.6) is 5.75 Å². The molecule has 2 aromatic carbocycles. The van der Waals surface area contributed by atoms with Gasteiger partial charge in [-0.3, -0.25) is 24.5 Å². The Morgan fingerprint density at radius 1 is 1.00 bits per heavy atom. The number of aliphatic hydroxyl groups excluding tert-OH is 1. The van der Waals surface area contributed by atoms with E-state index in [0.717, 1.165) is 64.0 Å². The van der Waals surface area contributed by atoms with E-state index in [1.807, 2.05) is 11.8 Å². The van der Waals surface area contributed by atoms with E-state index in [9.17, 15) is 24.3 Å². The molecule has 4 fully saturated rings. The molecule has 1 unspecified atom stereocenters. The number of rotatable bonds is 13. The Morgan fingerprint density at radius 2 is 1.71 bits per heavy atom. The van der Waals surface area contributed by atoms with Crippen LogP contribution in [0.1, 0.15) is 106 Å². The molecule has 1 aliphatic carbocycles. The zero-order valence-electron chi connectivity index (χ0n) is 36.4. The molecule has 0 radical (unpaired) electrons. The van der Waals surface area contributed by atoms with Crippen LogP contribution in [0.2, 0.25) is 0 Å². The molecule has 5 heterocycles. The van der Waals surface area contributed by atoms with Crippen molar-refractivity contribution in [3.8, 4) is 5.75 Å². The Kier molecular flexibility index (Phi) is 13.1. The number of likely N-dealkylation sites (N-methyl/N-ethyl adjacent to an activating group) is 1. The standard InChI is InChI=1S/C46H59F2N9O6/c1-4-36-44(62)54(2)37-26-49-45(52-41(37)57(36)30-7-5-6-8-30)50-35-11-9-29(23-38(35)63-3)42(60)53-46(17-22-58)15-20-55(21-16-46)27-28-13-18-56(19-14-28)31-24-33(47)40(34(48)25-31)32-10-12-39(59)51-43(32)61/h9,11,23-26,28,30,32,36,58H,4-8,10,12-22,27H2,1-3H3,(H,53,60)(H,49,50,52)(H,51,59,61)/t32?,36-/m1/s1. The maximum atomic E-state index is 15.2. The molecule has 2 atom stereocenters. The summed E-state index contributed by atoms with van der Waals surface area (Å²) in [7, 11) is 3.31. The average molecular weight is 872 g/mol. The van der Waals surface area contributed by atoms with Crippen LogP contribution in [-0.4, -0.2) is 115 Å². The molecule has 4 amide bonds. The first-order chi connectivity index (χ1) is 30.4. The number of imide groups is 1. The topological polar surface area (TPSA) is 173 Å². The molecule has 15 nitrogen and oxygen atoms in total. The maximum absolute atomic E-state index is 15.2. The van der Waals surface area contributed by atoms with E-state index in [1.165, 1.54) is 12.1 Å². The summed E-state index contributed by atoms with van der Waals surface area (Å²) >= 11 is 0. The number of aromatic nitrogens is 2. The van der Waals surface area contributed by atoms with Gasteiger partial charge in [-0.05, 0) is 94.0 Å². The fourth-order valence-corrected chi connectivity index (χ4v) is 10.4. The molecule has 0 spiro atoms. The molecule has 17 heteroatoms. The third-order valence-electron chi connectivity index (χ3n) is 14.1. The number of halogens is 2. The first-order valence-electron chi connectivity index (χ1n) is 22.5. The van der Waals surface area contributed by atoms with Gasteiger partial charge in [-0.1, -0.05) is 19.8 Å². The summed E-state index contributed by atoms with van der Waals surface area (Å²) in [5.74, 6) is -1.99. The van der Waals surface area contributed by atoms with Crippen LogP contribution in [0.15, 0.2) is 36.5 Å². The molecule has 0 bridgehead atoms. The van der Waals surface area contributed by atoms with Gasteiger partial charge in [0.1, 0.15) is 29.1 Å². The van der Waals surface area contributed by atoms with Crippen molar-refractivity contribution in [2.45, 2.75) is 108 Å². The van der Waals surface area contributed by atoms with Gasteiger partial charge in [-0.15, -0.1) is 0 Å². The van der Waals surface area contributed by atoms with Crippen molar-refractivity contribution in [1.82, 2.24) is 25.5 Å². The molecule has 63 heavy (non-hydrogen) atoms. The van der Waals surface area contributed by atoms with Crippen molar-refractivity contribution < 1.29 is 37.8 Å². The number of likely N-dealkylation sites (tertiary alicyclic amines) is 1. The summed E-state index contributed by atoms with van der Waals surface area (Å²) in [5.41, 5.74) is 1.25. The molecule has 1 saturated carbocycles. The van der Waals surface area contributed by atoms with Crippen LogP contribution < -0.4 is 35.4 Å². The lowest BCUT2D eigenvalue weighted by Gasteiger charge is -2.44. The SMILES string of the molecule is CC[C@@H]1C(=O)N(C)c2cnc(Nc3ccc(C(=O)NC4(CCO)CCN(CC5CCN(c6cc(F)c(C7CCC(=O)NC7=O)c(F)c6)CC5)CC4)cc3OC)nc2N1C1CCCC1. The molecule has 3 aromatic rings. The predicted molar refractivity (Wildman–Crippen MR) is 235 cm³/mol. The number of nitrogens with one attached hydrogen (secondary N) is 3. The van der Waals surface area contributed by atoms with E-state index in [-0.39, 0.29) is 48.9 Å². The van der Waals surface area contributed by atoms with Gasteiger partial charge in [0.25, 0.3) is 5.91 Å². The zero-order valence-corrected chi connectivity index (χ0v) is 36.4. The van der Waals surface area contributed by atoms with Gasteiger partial charge in [-0.2, -0.15) is 4.98 Å². The molecule has 5 aliphatic rings. The first-order valence-corrected chi connectivity index (χ1v) is 22.5. The van der Waals surface area contributed by atoms with Gasteiger partial charge >= 0.3 is 0 Å². The third-order valence-corrected chi connectivity index (χ3v) is 14.1. The normalized spacial score (nSPS) is 22.3. The van der Waals surface area contributed by atoms with Crippen LogP contribution in [0.4, 0.5) is 37.6 Å². The second-order valence-electron chi connectivity index (χ2n) is 17.9. The zero-order chi connectivity index (χ0) is 44.4. The van der Waals surface area contributed by atoms with Crippen molar-refractivity contribution in [3.05, 3.63) is 59.3 Å². The second kappa shape index (κ2) is 18.7. The van der Waals surface area contributed by atoms with Crippen LogP contribution in [0.25, 0.3) is 0 Å². The summed E-state index contributed by atoms with van der Waals surface area (Å²) in [6.45, 7) is 5.58. The maximum Gasteiger partial charge on any atom is 0.251 e. The van der Waals surface area contributed by atoms with Crippen LogP contribution in [-0.2, 0) is 14.4 Å². The Morgan fingerprint density at radius 3 is 2.37 bits per heavy atom. The number of hydrogen-bond acceptors (Lipinski definition) is 12. The van der Waals surface area contributed by atoms with E-state index in [2.05, 4.69) is 30.7 Å². The number of nitrogens with zero attached hydrogens (tertiary/aromatic N) is 6. The summed E-state index contributed by atoms with van der Waals surface area (Å²) < 4.78 is 36.2. The third kappa shape index (κ3) is 9.17. The van der Waals surface area contributed by atoms with Crippen molar-refractivity contribution in [3.63, 3.8) is 0 Å². The van der Waals surface area contributed by atoms with Gasteiger partial charge in [0.05, 0.1) is 24.9 Å². The minimum atomic E-state index is -1.03. The van der Waals surface area contributed by atoms with Gasteiger partial charge in [-0.25, -0.2) is 13.8 Å². The highest BCUT2D eigenvalue weighted by Crippen LogP contribution is 2.41. The molecular formula is C46H59F2N9O6. The lowest BCUT2D eigenvalue weighted by atomic mass is 9.83. The molecule has 1 aromatic heterocycles. The van der Waals surface area contributed by atoms with Crippen LogP contribution >= 0.6 is 0 Å². The molecule has 338 valence electrons. The minimum absolute atomic E-state index is 0.0416. The number of aliphatic hydroxyl groups is 1. The summed E-state index contributed by atoms with van der Waals surface area (Å²) in [6, 6.07) is 7.72. The number of piperidine rings is 3. The molecule has 4 N–H and O–H groups in total. The number of hydrogen-bond donors (Lipinski definition) is 4. The number of methoxy groups -OCH3 is 1. The highest BCUT2D eigenvalue weighted by molar-refractivity contribution is 6.04. The summed E-state index contributed by atoms with van der Waals surface area (Å²) in [5, 5.41) is 18.8. The number of fused-ring (bicyclic) bond motifs is 1. The van der Waals surface area contributed by atoms with E-state index in [1.54, 1.807) is 43.5 Å². The predicted octanol–water partition coefficient (Wildman–Crippen LogP) is 5.39. The smallest absolute Gasteiger partial charge is 0.251 e. The average Bonchev–Trinajstić information content (AvgIpc) is 3.81. The molecule has 8 rings (SSSR count). The number of benzene rings is 2. The Bertz CT molecular complexity index is 2180. The fraction of sp³-hybridized carbons (Fsp3) is 0.565. The highest BCUT2D eigenvalue weighted by Gasteiger charge is 2.42. The van der Waals surface area contributed by atoms with Crippen molar-refractivity contribution in [2.75, 3.05) is 73.5 Å². The van der Waals surface area contributed by atoms with Crippen molar-refractivity contribution in [1.29, 1.82) is 0 Å². The number of amides is 4. The Labute approximate surface area is 366 Å². The summed E-state index contributed by atoms with van der Waals surface area (Å²) in [6.07, 6.45) is 10.2. The second-order valence-corrected chi connectivity index (χ2v) is 17.9. The lowest BCUT2D eigenvalue weighted by molar-refractivity contribution is -0.134. The number of carbonyl (C=O) groups is 4. The van der Waals surface area contributed by atoms with Gasteiger partial charge in [0, 0.05) is 81.2 Å².